The van der Waals surface area contributed by atoms with Crippen LogP contribution in [0.15, 0.2) is 48.5 Å². The van der Waals surface area contributed by atoms with E-state index in [0.29, 0.717) is 18.5 Å². The molecule has 27 heavy (non-hydrogen) atoms. The first-order chi connectivity index (χ1) is 13.0. The molecule has 1 atom stereocenters. The smallest absolute Gasteiger partial charge is 0.254 e. The van der Waals surface area contributed by atoms with E-state index >= 15 is 0 Å². The Morgan fingerprint density at radius 2 is 1.89 bits per heavy atom. The van der Waals surface area contributed by atoms with Crippen LogP contribution in [0, 0.1) is 0 Å². The van der Waals surface area contributed by atoms with Gasteiger partial charge in [-0.2, -0.15) is 0 Å². The molecule has 5 heteroatoms. The van der Waals surface area contributed by atoms with Crippen molar-refractivity contribution in [2.24, 2.45) is 0 Å². The number of methoxy groups -OCH3 is 1. The summed E-state index contributed by atoms with van der Waals surface area (Å²) in [5.74, 6) is 0.938. The number of benzene rings is 2. The van der Waals surface area contributed by atoms with Crippen molar-refractivity contribution in [2.75, 3.05) is 20.7 Å². The van der Waals surface area contributed by atoms with Crippen LogP contribution >= 0.6 is 0 Å². The van der Waals surface area contributed by atoms with Gasteiger partial charge in [-0.25, -0.2) is 0 Å². The highest BCUT2D eigenvalue weighted by Crippen LogP contribution is 2.29. The van der Waals surface area contributed by atoms with Gasteiger partial charge in [0, 0.05) is 37.7 Å². The molecule has 1 unspecified atom stereocenters. The van der Waals surface area contributed by atoms with Gasteiger partial charge in [0.1, 0.15) is 5.75 Å². The number of carbonyl (C=O) groups is 2. The molecule has 2 aromatic carbocycles. The Bertz CT molecular complexity index is 817. The van der Waals surface area contributed by atoms with Crippen molar-refractivity contribution in [2.45, 2.75) is 32.4 Å². The number of nitrogens with zero attached hydrogens (tertiary/aromatic N) is 2. The molecule has 0 aromatic heterocycles. The van der Waals surface area contributed by atoms with E-state index < -0.39 is 0 Å². The van der Waals surface area contributed by atoms with Gasteiger partial charge in [0.15, 0.2) is 0 Å². The van der Waals surface area contributed by atoms with Crippen LogP contribution in [0.25, 0.3) is 0 Å². The maximum absolute atomic E-state index is 12.9. The fourth-order valence-electron chi connectivity index (χ4n) is 3.44. The van der Waals surface area contributed by atoms with Crippen LogP contribution < -0.4 is 4.74 Å². The average Bonchev–Trinajstić information content (AvgIpc) is 3.11. The van der Waals surface area contributed by atoms with Crippen LogP contribution in [-0.4, -0.2) is 42.3 Å². The van der Waals surface area contributed by atoms with Gasteiger partial charge in [-0.05, 0) is 37.1 Å². The van der Waals surface area contributed by atoms with E-state index in [1.807, 2.05) is 60.4 Å². The first kappa shape index (κ1) is 19.0. The molecule has 3 rings (SSSR count). The molecule has 142 valence electrons. The second-order valence-corrected chi connectivity index (χ2v) is 6.95. The summed E-state index contributed by atoms with van der Waals surface area (Å²) >= 11 is 0. The van der Waals surface area contributed by atoms with E-state index in [-0.39, 0.29) is 17.9 Å². The molecule has 1 heterocycles. The Balaban J connectivity index is 1.70. The maximum atomic E-state index is 12.9. The van der Waals surface area contributed by atoms with Gasteiger partial charge < -0.3 is 14.5 Å². The zero-order chi connectivity index (χ0) is 19.4. The molecule has 0 aliphatic carbocycles. The highest BCUT2D eigenvalue weighted by Gasteiger charge is 2.22. The van der Waals surface area contributed by atoms with E-state index in [2.05, 4.69) is 0 Å². The Morgan fingerprint density at radius 1 is 1.19 bits per heavy atom. The summed E-state index contributed by atoms with van der Waals surface area (Å²) in [6, 6.07) is 15.2. The highest BCUT2D eigenvalue weighted by atomic mass is 16.5. The van der Waals surface area contributed by atoms with E-state index in [0.717, 1.165) is 29.8 Å². The number of hydrogen-bond acceptors (Lipinski definition) is 3. The van der Waals surface area contributed by atoms with Crippen molar-refractivity contribution in [1.29, 1.82) is 0 Å². The summed E-state index contributed by atoms with van der Waals surface area (Å²) in [5, 5.41) is 0. The summed E-state index contributed by atoms with van der Waals surface area (Å²) < 4.78 is 5.42. The topological polar surface area (TPSA) is 49.9 Å². The second-order valence-electron chi connectivity index (χ2n) is 6.95. The zero-order valence-corrected chi connectivity index (χ0v) is 16.1. The van der Waals surface area contributed by atoms with Crippen LogP contribution in [0.1, 0.15) is 47.3 Å². The Kier molecular flexibility index (Phi) is 5.79. The van der Waals surface area contributed by atoms with Gasteiger partial charge in [0.2, 0.25) is 5.91 Å². The van der Waals surface area contributed by atoms with Gasteiger partial charge in [0.05, 0.1) is 13.2 Å². The van der Waals surface area contributed by atoms with Crippen LogP contribution in [0.2, 0.25) is 0 Å². The van der Waals surface area contributed by atoms with Crippen LogP contribution in [0.4, 0.5) is 0 Å². The quantitative estimate of drug-likeness (QED) is 0.784. The van der Waals surface area contributed by atoms with Gasteiger partial charge in [-0.1, -0.05) is 30.3 Å². The lowest BCUT2D eigenvalue weighted by Gasteiger charge is -2.26. The Labute approximate surface area is 160 Å². The fraction of sp³-hybridized carbons (Fsp3) is 0.364. The third-order valence-corrected chi connectivity index (χ3v) is 5.24. The van der Waals surface area contributed by atoms with Gasteiger partial charge >= 0.3 is 0 Å². The SMILES string of the molecule is COc1ccccc1C(C)N(C)C(=O)c1ccc(CN2CCCC2=O)cc1. The average molecular weight is 366 g/mol. The van der Waals surface area contributed by atoms with Crippen LogP contribution in [0.3, 0.4) is 0 Å². The number of likely N-dealkylation sites (tertiary alicyclic amines) is 1. The highest BCUT2D eigenvalue weighted by molar-refractivity contribution is 5.94. The van der Waals surface area contributed by atoms with Crippen molar-refractivity contribution in [3.05, 3.63) is 65.2 Å². The second kappa shape index (κ2) is 8.25. The monoisotopic (exact) mass is 366 g/mol. The van der Waals surface area contributed by atoms with E-state index in [4.69, 9.17) is 4.74 Å². The molecule has 5 nitrogen and oxygen atoms in total. The predicted octanol–water partition coefficient (Wildman–Crippen LogP) is 3.65. The molecular weight excluding hydrogens is 340 g/mol. The first-order valence-corrected chi connectivity index (χ1v) is 9.28. The largest absolute Gasteiger partial charge is 0.496 e. The van der Waals surface area contributed by atoms with Gasteiger partial charge in [0.25, 0.3) is 5.91 Å². The molecule has 1 fully saturated rings. The van der Waals surface area contributed by atoms with Crippen molar-refractivity contribution in [1.82, 2.24) is 9.80 Å². The lowest BCUT2D eigenvalue weighted by Crippen LogP contribution is -2.30. The fourth-order valence-corrected chi connectivity index (χ4v) is 3.44. The standard InChI is InChI=1S/C22H26N2O3/c1-16(19-7-4-5-8-20(19)27-3)23(2)22(26)18-12-10-17(11-13-18)15-24-14-6-9-21(24)25/h4-5,7-8,10-13,16H,6,9,14-15H2,1-3H3. The number of carbonyl (C=O) groups excluding carboxylic acids is 2. The van der Waals surface area contributed by atoms with Crippen LogP contribution in [-0.2, 0) is 11.3 Å². The molecule has 1 aliphatic heterocycles. The summed E-state index contributed by atoms with van der Waals surface area (Å²) in [7, 11) is 3.44. The number of hydrogen-bond donors (Lipinski definition) is 0. The minimum Gasteiger partial charge on any atom is -0.496 e. The third-order valence-electron chi connectivity index (χ3n) is 5.24. The summed E-state index contributed by atoms with van der Waals surface area (Å²) in [6.07, 6.45) is 1.57. The lowest BCUT2D eigenvalue weighted by molar-refractivity contribution is -0.128. The summed E-state index contributed by atoms with van der Waals surface area (Å²) in [4.78, 5) is 28.2. The van der Waals surface area contributed by atoms with E-state index in [9.17, 15) is 9.59 Å². The lowest BCUT2D eigenvalue weighted by atomic mass is 10.0. The van der Waals surface area contributed by atoms with Gasteiger partial charge in [-0.3, -0.25) is 9.59 Å². The minimum atomic E-state index is -0.115. The van der Waals surface area contributed by atoms with Crippen LogP contribution in [0.5, 0.6) is 5.75 Å². The molecule has 0 N–H and O–H groups in total. The number of ether oxygens (including phenoxy) is 1. The van der Waals surface area contributed by atoms with Crippen molar-refractivity contribution < 1.29 is 14.3 Å². The zero-order valence-electron chi connectivity index (χ0n) is 16.1. The number of para-hydroxylation sites is 1. The molecule has 1 aliphatic rings. The number of rotatable bonds is 6. The molecule has 0 spiro atoms. The molecule has 0 radical (unpaired) electrons. The molecular formula is C22H26N2O3. The maximum Gasteiger partial charge on any atom is 0.254 e. The normalized spacial score (nSPS) is 14.9. The molecule has 2 aromatic rings. The summed E-state index contributed by atoms with van der Waals surface area (Å²) in [5.41, 5.74) is 2.65. The van der Waals surface area contributed by atoms with E-state index in [1.54, 1.807) is 19.1 Å². The molecule has 2 amide bonds. The predicted molar refractivity (Wildman–Crippen MR) is 105 cm³/mol. The minimum absolute atomic E-state index is 0.0443. The number of amides is 2. The molecule has 0 bridgehead atoms. The van der Waals surface area contributed by atoms with Gasteiger partial charge in [-0.15, -0.1) is 0 Å². The van der Waals surface area contributed by atoms with E-state index in [1.165, 1.54) is 0 Å². The van der Waals surface area contributed by atoms with Crippen molar-refractivity contribution in [3.63, 3.8) is 0 Å². The third kappa shape index (κ3) is 4.13. The molecule has 0 saturated carbocycles. The Morgan fingerprint density at radius 3 is 2.52 bits per heavy atom. The first-order valence-electron chi connectivity index (χ1n) is 9.28. The van der Waals surface area contributed by atoms with Crippen molar-refractivity contribution in [3.8, 4) is 5.75 Å². The summed E-state index contributed by atoms with van der Waals surface area (Å²) in [6.45, 7) is 3.42. The Hall–Kier alpha value is -2.82. The van der Waals surface area contributed by atoms with Crippen molar-refractivity contribution >= 4 is 11.8 Å². The molecule has 1 saturated heterocycles.